The van der Waals surface area contributed by atoms with Crippen molar-refractivity contribution in [3.63, 3.8) is 0 Å². The first-order chi connectivity index (χ1) is 2.94. The quantitative estimate of drug-likeness (QED) is 0.521. The minimum Gasteiger partial charge on any atom is -0.147 e. The predicted molar refractivity (Wildman–Crippen MR) is 22.4 cm³/mol. The zero-order valence-corrected chi connectivity index (χ0v) is 7.74. The molecular formula is C3H3ClF3Zn. The molecule has 0 aliphatic carbocycles. The van der Waals surface area contributed by atoms with Crippen LogP contribution in [-0.4, -0.2) is 6.18 Å². The Balaban J connectivity index is 0. The van der Waals surface area contributed by atoms with Gasteiger partial charge in [0.1, 0.15) is 0 Å². The fraction of sp³-hybridized carbons (Fsp3) is 0.333. The Morgan fingerprint density at radius 1 is 1.38 bits per heavy atom. The molecule has 0 nitrogen and oxygen atoms in total. The van der Waals surface area contributed by atoms with Crippen LogP contribution in [0.4, 0.5) is 13.2 Å². The molecule has 8 heavy (non-hydrogen) atoms. The van der Waals surface area contributed by atoms with E-state index >= 15 is 0 Å². The second-order valence-corrected chi connectivity index (χ2v) is 2.89. The largest absolute Gasteiger partial charge is 0.147 e. The number of hydrogen-bond donors (Lipinski definition) is 0. The molecule has 0 saturated carbocycles. The van der Waals surface area contributed by atoms with Gasteiger partial charge >= 0.3 is 48.4 Å². The topological polar surface area (TPSA) is 0 Å². The molecule has 0 aromatic rings. The third-order valence-electron chi connectivity index (χ3n) is 0.401. The zero-order chi connectivity index (χ0) is 6.08. The summed E-state index contributed by atoms with van der Waals surface area (Å²) < 4.78 is 32.7. The zero-order valence-electron chi connectivity index (χ0n) is 3.96. The molecule has 0 spiro atoms. The average Bonchev–Trinajstić information content (AvgIpc) is 1.31. The van der Waals surface area contributed by atoms with Crippen LogP contribution < -0.4 is 0 Å². The molecule has 0 aromatic heterocycles. The Hall–Kier alpha value is 0.443. The molecule has 0 N–H and O–H groups in total. The van der Waals surface area contributed by atoms with E-state index in [4.69, 9.17) is 0 Å². The Labute approximate surface area is 61.2 Å². The molecular weight excluding hydrogens is 194 g/mol. The molecule has 0 rings (SSSR count). The van der Waals surface area contributed by atoms with E-state index in [0.29, 0.717) is 0 Å². The molecule has 5 heteroatoms. The summed E-state index contributed by atoms with van der Waals surface area (Å²) >= 11 is 0.101. The molecule has 0 radical (unpaired) electrons. The van der Waals surface area contributed by atoms with Crippen molar-refractivity contribution in [3.8, 4) is 0 Å². The molecule has 0 heterocycles. The van der Waals surface area contributed by atoms with Crippen LogP contribution in [-0.2, 0) is 18.3 Å². The fourth-order valence-electron chi connectivity index (χ4n) is 0. The van der Waals surface area contributed by atoms with Crippen LogP contribution in [0.5, 0.6) is 0 Å². The Kier molecular flexibility index (Phi) is 4.88. The van der Waals surface area contributed by atoms with Crippen molar-refractivity contribution in [1.82, 2.24) is 0 Å². The molecule has 0 fully saturated rings. The van der Waals surface area contributed by atoms with Gasteiger partial charge in [-0.05, 0) is 0 Å². The summed E-state index contributed by atoms with van der Waals surface area (Å²) in [5.41, 5.74) is 0. The molecule has 0 bridgehead atoms. The Morgan fingerprint density at radius 3 is 1.50 bits per heavy atom. The monoisotopic (exact) mass is 195 g/mol. The molecule has 45 valence electrons. The second kappa shape index (κ2) is 3.47. The minimum atomic E-state index is -4.14. The Bertz CT molecular complexity index is 87.0. The van der Waals surface area contributed by atoms with Gasteiger partial charge in [-0.3, -0.25) is 0 Å². The summed E-state index contributed by atoms with van der Waals surface area (Å²) in [5, 5.41) is 0. The van der Waals surface area contributed by atoms with Crippen LogP contribution in [0.2, 0.25) is 0 Å². The van der Waals surface area contributed by atoms with E-state index < -0.39 is 10.3 Å². The predicted octanol–water partition coefficient (Wildman–Crippen LogP) is 2.03. The van der Waals surface area contributed by atoms with Gasteiger partial charge in [-0.2, -0.15) is 0 Å². The Morgan fingerprint density at radius 2 is 1.50 bits per heavy atom. The van der Waals surface area contributed by atoms with E-state index in [-0.39, 0.29) is 30.7 Å². The summed E-state index contributed by atoms with van der Waals surface area (Å²) in [5.74, 6) is 0. The fourth-order valence-corrected chi connectivity index (χ4v) is 0. The van der Waals surface area contributed by atoms with Gasteiger partial charge in [-0.1, -0.05) is 0 Å². The first-order valence-electron chi connectivity index (χ1n) is 1.52. The van der Waals surface area contributed by atoms with Crippen LogP contribution in [0.15, 0.2) is 10.7 Å². The minimum absolute atomic E-state index is 0. The van der Waals surface area contributed by atoms with Gasteiger partial charge in [-0.25, -0.2) is 0 Å². The standard InChI is InChI=1S/C3H2F3.ClH.Zn/c1-2-3(4,5)6;;/h1H2;1H;. The first-order valence-corrected chi connectivity index (χ1v) is 3.01. The smallest absolute Gasteiger partial charge is 0.147 e. The van der Waals surface area contributed by atoms with E-state index in [0.717, 1.165) is 0 Å². The van der Waals surface area contributed by atoms with Crippen LogP contribution >= 0.6 is 12.4 Å². The third kappa shape index (κ3) is 4.60. The summed E-state index contributed by atoms with van der Waals surface area (Å²) in [6.45, 7) is 2.76. The van der Waals surface area contributed by atoms with Crippen LogP contribution in [0.3, 0.4) is 0 Å². The summed E-state index contributed by atoms with van der Waals surface area (Å²) in [6, 6.07) is 0. The molecule has 0 aliphatic rings. The number of alkyl halides is 3. The van der Waals surface area contributed by atoms with Crippen molar-refractivity contribution >= 4 is 12.4 Å². The summed E-state index contributed by atoms with van der Waals surface area (Å²) in [4.78, 5) is 0. The van der Waals surface area contributed by atoms with Crippen molar-refractivity contribution in [2.24, 2.45) is 0 Å². The number of halogens is 4. The summed E-state index contributed by atoms with van der Waals surface area (Å²) in [6.07, 6.45) is -4.14. The van der Waals surface area contributed by atoms with E-state index in [9.17, 15) is 13.2 Å². The first kappa shape index (κ1) is 11.3. The molecule has 0 saturated heterocycles. The van der Waals surface area contributed by atoms with Crippen molar-refractivity contribution < 1.29 is 31.5 Å². The van der Waals surface area contributed by atoms with Gasteiger partial charge < -0.3 is 0 Å². The molecule has 0 atom stereocenters. The van der Waals surface area contributed by atoms with Gasteiger partial charge in [0.05, 0.1) is 0 Å². The number of hydrogen-bond acceptors (Lipinski definition) is 0. The van der Waals surface area contributed by atoms with Crippen molar-refractivity contribution in [2.45, 2.75) is 6.18 Å². The molecule has 0 aliphatic heterocycles. The van der Waals surface area contributed by atoms with E-state index in [2.05, 4.69) is 6.58 Å². The second-order valence-electron chi connectivity index (χ2n) is 1.10. The van der Waals surface area contributed by atoms with E-state index in [1.165, 1.54) is 0 Å². The average molecular weight is 197 g/mol. The normalized spacial score (nSPS) is 10.1. The van der Waals surface area contributed by atoms with Gasteiger partial charge in [0, 0.05) is 0 Å². The maximum Gasteiger partial charge on any atom is -0.147 e. The van der Waals surface area contributed by atoms with Crippen molar-refractivity contribution in [1.29, 1.82) is 0 Å². The van der Waals surface area contributed by atoms with Gasteiger partial charge in [0.15, 0.2) is 0 Å². The van der Waals surface area contributed by atoms with Gasteiger partial charge in [0.2, 0.25) is 0 Å². The maximum atomic E-state index is 11.1. The SMILES string of the molecule is C=[C]([Zn])C(F)(F)F.Cl. The third-order valence-corrected chi connectivity index (χ3v) is 1.24. The van der Waals surface area contributed by atoms with Gasteiger partial charge in [0.25, 0.3) is 0 Å². The van der Waals surface area contributed by atoms with Gasteiger partial charge in [-0.15, -0.1) is 12.4 Å². The molecule has 0 amide bonds. The van der Waals surface area contributed by atoms with Crippen LogP contribution in [0, 0.1) is 0 Å². The number of rotatable bonds is 0. The summed E-state index contributed by atoms with van der Waals surface area (Å²) in [7, 11) is 0. The van der Waals surface area contributed by atoms with Crippen molar-refractivity contribution in [3.05, 3.63) is 10.7 Å². The van der Waals surface area contributed by atoms with E-state index in [1.807, 2.05) is 0 Å². The maximum absolute atomic E-state index is 11.1. The number of allylic oxidation sites excluding steroid dienone is 1. The van der Waals surface area contributed by atoms with E-state index in [1.54, 1.807) is 0 Å². The van der Waals surface area contributed by atoms with Crippen LogP contribution in [0.25, 0.3) is 0 Å². The molecule has 0 unspecified atom stereocenters. The molecule has 0 aromatic carbocycles. The van der Waals surface area contributed by atoms with Crippen molar-refractivity contribution in [2.75, 3.05) is 0 Å². The van der Waals surface area contributed by atoms with Crippen LogP contribution in [0.1, 0.15) is 0 Å².